The monoisotopic (exact) mass is 395 g/mol. The van der Waals surface area contributed by atoms with Crippen LogP contribution in [0.4, 0.5) is 4.39 Å². The van der Waals surface area contributed by atoms with Crippen molar-refractivity contribution < 1.29 is 13.9 Å². The van der Waals surface area contributed by atoms with Crippen molar-refractivity contribution in [3.8, 4) is 5.75 Å². The number of benzene rings is 2. The summed E-state index contributed by atoms with van der Waals surface area (Å²) in [5.74, 6) is 0.241. The smallest absolute Gasteiger partial charge is 0.264 e. The van der Waals surface area contributed by atoms with Crippen LogP contribution in [0, 0.1) is 5.82 Å². The average Bonchev–Trinajstić information content (AvgIpc) is 3.21. The molecule has 144 valence electrons. The van der Waals surface area contributed by atoms with Gasteiger partial charge in [-0.3, -0.25) is 4.79 Å². The number of thiophene rings is 1. The number of likely N-dealkylation sites (tertiary alicyclic amines) is 1. The molecule has 1 aromatic heterocycles. The number of ether oxygens (including phenoxy) is 1. The molecule has 0 N–H and O–H groups in total. The molecule has 0 aliphatic carbocycles. The third-order valence-corrected chi connectivity index (χ3v) is 5.98. The molecule has 1 unspecified atom stereocenters. The number of carbonyl (C=O) groups excluding carboxylic acids is 1. The number of carbonyl (C=O) groups is 1. The van der Waals surface area contributed by atoms with Gasteiger partial charge in [0.2, 0.25) is 0 Å². The first-order chi connectivity index (χ1) is 13.7. The van der Waals surface area contributed by atoms with Gasteiger partial charge in [-0.15, -0.1) is 11.3 Å². The summed E-state index contributed by atoms with van der Waals surface area (Å²) in [6.07, 6.45) is 3.17. The summed E-state index contributed by atoms with van der Waals surface area (Å²) in [6.45, 7) is 1.10. The fraction of sp³-hybridized carbons (Fsp3) is 0.261. The Kier molecular flexibility index (Phi) is 5.72. The second kappa shape index (κ2) is 8.57. The molecule has 0 bridgehead atoms. The van der Waals surface area contributed by atoms with Gasteiger partial charge in [0.1, 0.15) is 18.2 Å². The summed E-state index contributed by atoms with van der Waals surface area (Å²) in [5, 5.41) is 1.94. The number of amides is 1. The van der Waals surface area contributed by atoms with E-state index in [-0.39, 0.29) is 17.8 Å². The number of halogens is 1. The highest BCUT2D eigenvalue weighted by molar-refractivity contribution is 7.12. The number of hydrogen-bond acceptors (Lipinski definition) is 3. The topological polar surface area (TPSA) is 29.5 Å². The molecule has 4 rings (SSSR count). The van der Waals surface area contributed by atoms with Crippen LogP contribution >= 0.6 is 11.3 Å². The molecule has 0 radical (unpaired) electrons. The number of hydrogen-bond donors (Lipinski definition) is 0. The zero-order valence-corrected chi connectivity index (χ0v) is 16.3. The molecule has 1 fully saturated rings. The molecule has 3 aromatic rings. The quantitative estimate of drug-likeness (QED) is 0.544. The van der Waals surface area contributed by atoms with Crippen molar-refractivity contribution in [3.05, 3.63) is 87.9 Å². The van der Waals surface area contributed by atoms with Crippen LogP contribution in [0.25, 0.3) is 0 Å². The predicted molar refractivity (Wildman–Crippen MR) is 109 cm³/mol. The average molecular weight is 395 g/mol. The molecule has 2 heterocycles. The molecule has 28 heavy (non-hydrogen) atoms. The van der Waals surface area contributed by atoms with E-state index in [1.165, 1.54) is 29.0 Å². The Hall–Kier alpha value is -2.66. The van der Waals surface area contributed by atoms with Crippen LogP contribution < -0.4 is 4.74 Å². The van der Waals surface area contributed by atoms with E-state index < -0.39 is 0 Å². The van der Waals surface area contributed by atoms with Gasteiger partial charge in [0.25, 0.3) is 5.91 Å². The van der Waals surface area contributed by atoms with E-state index in [9.17, 15) is 9.18 Å². The van der Waals surface area contributed by atoms with Crippen molar-refractivity contribution >= 4 is 17.2 Å². The maximum atomic E-state index is 13.3. The maximum absolute atomic E-state index is 13.3. The zero-order chi connectivity index (χ0) is 19.3. The number of rotatable bonds is 5. The summed E-state index contributed by atoms with van der Waals surface area (Å²) < 4.78 is 18.9. The minimum absolute atomic E-state index is 0.0792. The van der Waals surface area contributed by atoms with Crippen molar-refractivity contribution in [1.82, 2.24) is 4.90 Å². The lowest BCUT2D eigenvalue weighted by Crippen LogP contribution is -2.38. The van der Waals surface area contributed by atoms with Gasteiger partial charge in [-0.05, 0) is 48.4 Å². The second-order valence-electron chi connectivity index (χ2n) is 6.99. The Morgan fingerprint density at radius 3 is 2.79 bits per heavy atom. The summed E-state index contributed by atoms with van der Waals surface area (Å²) >= 11 is 1.44. The van der Waals surface area contributed by atoms with Crippen LogP contribution in [-0.2, 0) is 6.61 Å². The van der Waals surface area contributed by atoms with Crippen LogP contribution in [0.15, 0.2) is 66.0 Å². The van der Waals surface area contributed by atoms with Crippen molar-refractivity contribution in [1.29, 1.82) is 0 Å². The molecule has 1 amide bonds. The van der Waals surface area contributed by atoms with E-state index in [0.717, 1.165) is 36.2 Å². The minimum atomic E-state index is -0.323. The first-order valence-electron chi connectivity index (χ1n) is 9.52. The molecule has 2 aromatic carbocycles. The SMILES string of the molecule is O=C(c1cc(COc2cccc(F)c2)cs1)N1CCCCC1c1ccccc1. The largest absolute Gasteiger partial charge is 0.489 e. The molecule has 1 aliphatic heterocycles. The first-order valence-corrected chi connectivity index (χ1v) is 10.4. The molecule has 1 aliphatic rings. The van der Waals surface area contributed by atoms with Gasteiger partial charge in [-0.1, -0.05) is 36.4 Å². The van der Waals surface area contributed by atoms with Crippen molar-refractivity contribution in [2.75, 3.05) is 6.54 Å². The van der Waals surface area contributed by atoms with E-state index in [4.69, 9.17) is 4.74 Å². The van der Waals surface area contributed by atoms with Gasteiger partial charge in [0.15, 0.2) is 0 Å². The lowest BCUT2D eigenvalue weighted by atomic mass is 9.95. The van der Waals surface area contributed by atoms with Crippen LogP contribution in [0.3, 0.4) is 0 Å². The standard InChI is InChI=1S/C23H22FNO2S/c24-19-9-6-10-20(14-19)27-15-17-13-22(28-16-17)23(26)25-12-5-4-11-21(25)18-7-2-1-3-8-18/h1-3,6-10,13-14,16,21H,4-5,11-12,15H2. The number of piperidine rings is 1. The van der Waals surface area contributed by atoms with E-state index in [1.54, 1.807) is 12.1 Å². The Balaban J connectivity index is 1.45. The molecule has 3 nitrogen and oxygen atoms in total. The molecular weight excluding hydrogens is 373 g/mol. The van der Waals surface area contributed by atoms with Gasteiger partial charge in [0, 0.05) is 18.2 Å². The van der Waals surface area contributed by atoms with Crippen LogP contribution in [0.1, 0.15) is 46.1 Å². The maximum Gasteiger partial charge on any atom is 0.264 e. The lowest BCUT2D eigenvalue weighted by Gasteiger charge is -2.36. The van der Waals surface area contributed by atoms with Crippen LogP contribution in [-0.4, -0.2) is 17.4 Å². The van der Waals surface area contributed by atoms with Gasteiger partial charge >= 0.3 is 0 Å². The van der Waals surface area contributed by atoms with Crippen LogP contribution in [0.2, 0.25) is 0 Å². The second-order valence-corrected chi connectivity index (χ2v) is 7.90. The molecule has 0 saturated carbocycles. The van der Waals surface area contributed by atoms with E-state index in [1.807, 2.05) is 34.5 Å². The summed E-state index contributed by atoms with van der Waals surface area (Å²) in [5.41, 5.74) is 2.12. The number of nitrogens with zero attached hydrogens (tertiary/aromatic N) is 1. The van der Waals surface area contributed by atoms with Gasteiger partial charge < -0.3 is 9.64 Å². The highest BCUT2D eigenvalue weighted by Gasteiger charge is 2.29. The Labute approximate surface area is 168 Å². The highest BCUT2D eigenvalue weighted by Crippen LogP contribution is 2.33. The van der Waals surface area contributed by atoms with E-state index >= 15 is 0 Å². The fourth-order valence-electron chi connectivity index (χ4n) is 3.62. The summed E-state index contributed by atoms with van der Waals surface area (Å²) in [6, 6.07) is 18.4. The van der Waals surface area contributed by atoms with Gasteiger partial charge in [-0.2, -0.15) is 0 Å². The molecule has 1 atom stereocenters. The summed E-state index contributed by atoms with van der Waals surface area (Å²) in [7, 11) is 0. The third-order valence-electron chi connectivity index (χ3n) is 5.01. The van der Waals surface area contributed by atoms with Gasteiger partial charge in [-0.25, -0.2) is 4.39 Å². The lowest BCUT2D eigenvalue weighted by molar-refractivity contribution is 0.0616. The third kappa shape index (κ3) is 4.25. The predicted octanol–water partition coefficient (Wildman–Crippen LogP) is 5.83. The molecule has 0 spiro atoms. The van der Waals surface area contributed by atoms with Crippen molar-refractivity contribution in [2.24, 2.45) is 0 Å². The molecular formula is C23H22FNO2S. The summed E-state index contributed by atoms with van der Waals surface area (Å²) in [4.78, 5) is 15.9. The molecule has 1 saturated heterocycles. The Bertz CT molecular complexity index is 941. The van der Waals surface area contributed by atoms with Crippen LogP contribution in [0.5, 0.6) is 5.75 Å². The normalized spacial score (nSPS) is 16.8. The molecule has 5 heteroatoms. The first kappa shape index (κ1) is 18.7. The Morgan fingerprint density at radius 2 is 1.96 bits per heavy atom. The Morgan fingerprint density at radius 1 is 1.11 bits per heavy atom. The van der Waals surface area contributed by atoms with Crippen molar-refractivity contribution in [3.63, 3.8) is 0 Å². The highest BCUT2D eigenvalue weighted by atomic mass is 32.1. The van der Waals surface area contributed by atoms with E-state index in [0.29, 0.717) is 12.4 Å². The zero-order valence-electron chi connectivity index (χ0n) is 15.5. The van der Waals surface area contributed by atoms with Crippen molar-refractivity contribution in [2.45, 2.75) is 31.9 Å². The fourth-order valence-corrected chi connectivity index (χ4v) is 4.48. The minimum Gasteiger partial charge on any atom is -0.489 e. The van der Waals surface area contributed by atoms with Gasteiger partial charge in [0.05, 0.1) is 10.9 Å². The van der Waals surface area contributed by atoms with E-state index in [2.05, 4.69) is 12.1 Å².